The average Bonchev–Trinajstić information content (AvgIpc) is 3.03. The van der Waals surface area contributed by atoms with Crippen molar-refractivity contribution in [1.29, 1.82) is 0 Å². The summed E-state index contributed by atoms with van der Waals surface area (Å²) in [4.78, 5) is 28.1. The van der Waals surface area contributed by atoms with Crippen LogP contribution in [0.4, 0.5) is 0 Å². The summed E-state index contributed by atoms with van der Waals surface area (Å²) in [7, 11) is 0. The van der Waals surface area contributed by atoms with Gasteiger partial charge >= 0.3 is 0 Å². The fourth-order valence-corrected chi connectivity index (χ4v) is 4.03. The van der Waals surface area contributed by atoms with Crippen molar-refractivity contribution in [1.82, 2.24) is 10.2 Å². The normalized spacial score (nSPS) is 14.8. The van der Waals surface area contributed by atoms with Crippen molar-refractivity contribution in [2.45, 2.75) is 45.6 Å². The van der Waals surface area contributed by atoms with Gasteiger partial charge in [0.2, 0.25) is 0 Å². The number of amides is 2. The molecule has 1 aliphatic heterocycles. The highest BCUT2D eigenvalue weighted by atomic mass is 35.5. The largest absolute Gasteiger partial charge is 0.491 e. The number of halogens is 2. The van der Waals surface area contributed by atoms with Crippen LogP contribution in [0, 0.1) is 0 Å². The zero-order valence-electron chi connectivity index (χ0n) is 18.4. The molecule has 7 heteroatoms. The third kappa shape index (κ3) is 6.75. The number of ether oxygens (including phenoxy) is 1. The van der Waals surface area contributed by atoms with Crippen LogP contribution in [0.2, 0.25) is 10.0 Å². The van der Waals surface area contributed by atoms with Gasteiger partial charge in [-0.05, 0) is 68.7 Å². The molecule has 0 radical (unpaired) electrons. The Bertz CT molecular complexity index is 979. The van der Waals surface area contributed by atoms with Crippen molar-refractivity contribution >= 4 is 41.1 Å². The number of carbonyl (C=O) groups excluding carboxylic acids is 2. The molecule has 1 saturated heterocycles. The Labute approximate surface area is 199 Å². The third-order valence-corrected chi connectivity index (χ3v) is 5.66. The van der Waals surface area contributed by atoms with Crippen LogP contribution in [0.5, 0.6) is 5.75 Å². The van der Waals surface area contributed by atoms with E-state index in [-0.39, 0.29) is 28.3 Å². The van der Waals surface area contributed by atoms with Gasteiger partial charge in [-0.15, -0.1) is 0 Å². The molecule has 0 bridgehead atoms. The molecule has 2 aromatic rings. The van der Waals surface area contributed by atoms with Crippen LogP contribution in [0.15, 0.2) is 48.2 Å². The highest BCUT2D eigenvalue weighted by molar-refractivity contribution is 6.36. The van der Waals surface area contributed by atoms with Gasteiger partial charge in [-0.3, -0.25) is 9.59 Å². The molecule has 2 amide bonds. The van der Waals surface area contributed by atoms with E-state index in [1.54, 1.807) is 23.1 Å². The molecule has 0 aliphatic carbocycles. The summed E-state index contributed by atoms with van der Waals surface area (Å²) in [5, 5.41) is 3.44. The van der Waals surface area contributed by atoms with Crippen molar-refractivity contribution in [3.8, 4) is 5.75 Å². The van der Waals surface area contributed by atoms with Gasteiger partial charge in [0, 0.05) is 18.1 Å². The molecule has 2 aromatic carbocycles. The Morgan fingerprint density at radius 1 is 1.00 bits per heavy atom. The van der Waals surface area contributed by atoms with E-state index in [9.17, 15) is 9.59 Å². The summed E-state index contributed by atoms with van der Waals surface area (Å²) in [6, 6.07) is 12.0. The number of nitrogens with one attached hydrogen (secondary N) is 1. The summed E-state index contributed by atoms with van der Waals surface area (Å²) in [5.41, 5.74) is 1.24. The molecule has 3 rings (SSSR count). The van der Waals surface area contributed by atoms with Gasteiger partial charge in [0.15, 0.2) is 0 Å². The molecule has 1 heterocycles. The van der Waals surface area contributed by atoms with E-state index >= 15 is 0 Å². The monoisotopic (exact) mass is 474 g/mol. The summed E-state index contributed by atoms with van der Waals surface area (Å²) in [6.07, 6.45) is 5.88. The fraction of sp³-hybridized carbons (Fsp3) is 0.360. The molecule has 170 valence electrons. The minimum atomic E-state index is -0.458. The first-order chi connectivity index (χ1) is 15.3. The quantitative estimate of drug-likeness (QED) is 0.525. The van der Waals surface area contributed by atoms with Crippen LogP contribution < -0.4 is 10.1 Å². The minimum Gasteiger partial charge on any atom is -0.491 e. The Hall–Kier alpha value is -2.50. The number of rotatable bonds is 6. The highest BCUT2D eigenvalue weighted by Gasteiger charge is 2.22. The zero-order valence-corrected chi connectivity index (χ0v) is 19.9. The van der Waals surface area contributed by atoms with E-state index < -0.39 is 5.91 Å². The first kappa shape index (κ1) is 24.1. The second-order valence-corrected chi connectivity index (χ2v) is 8.92. The molecule has 1 fully saturated rings. The minimum absolute atomic E-state index is 0.0694. The van der Waals surface area contributed by atoms with E-state index in [2.05, 4.69) is 5.32 Å². The van der Waals surface area contributed by atoms with Gasteiger partial charge in [-0.1, -0.05) is 48.2 Å². The predicted octanol–water partition coefficient (Wildman–Crippen LogP) is 5.95. The van der Waals surface area contributed by atoms with Crippen LogP contribution in [0.25, 0.3) is 6.08 Å². The van der Waals surface area contributed by atoms with Crippen LogP contribution in [0.1, 0.15) is 55.5 Å². The topological polar surface area (TPSA) is 58.6 Å². The van der Waals surface area contributed by atoms with E-state index in [4.69, 9.17) is 27.9 Å². The predicted molar refractivity (Wildman–Crippen MR) is 129 cm³/mol. The lowest BCUT2D eigenvalue weighted by molar-refractivity contribution is -0.127. The second kappa shape index (κ2) is 11.4. The first-order valence-electron chi connectivity index (χ1n) is 10.9. The van der Waals surface area contributed by atoms with Crippen molar-refractivity contribution in [3.05, 3.63) is 69.3 Å². The van der Waals surface area contributed by atoms with Gasteiger partial charge in [-0.2, -0.15) is 0 Å². The summed E-state index contributed by atoms with van der Waals surface area (Å²) in [6.45, 7) is 5.27. The van der Waals surface area contributed by atoms with Crippen LogP contribution in [-0.2, 0) is 4.79 Å². The van der Waals surface area contributed by atoms with Gasteiger partial charge in [0.25, 0.3) is 11.8 Å². The molecule has 0 atom stereocenters. The van der Waals surface area contributed by atoms with Gasteiger partial charge in [-0.25, -0.2) is 0 Å². The Kier molecular flexibility index (Phi) is 8.60. The summed E-state index contributed by atoms with van der Waals surface area (Å²) >= 11 is 12.2. The van der Waals surface area contributed by atoms with Gasteiger partial charge < -0.3 is 15.0 Å². The van der Waals surface area contributed by atoms with E-state index in [1.807, 2.05) is 38.1 Å². The van der Waals surface area contributed by atoms with Crippen LogP contribution >= 0.6 is 23.2 Å². The summed E-state index contributed by atoms with van der Waals surface area (Å²) in [5.74, 6) is 0.0863. The Balaban J connectivity index is 1.88. The molecular formula is C25H28Cl2N2O3. The third-order valence-electron chi connectivity index (χ3n) is 5.11. The maximum atomic E-state index is 13.3. The standard InChI is InChI=1S/C25H28Cl2N2O3/c1-17(2)32-20-10-7-18(8-11-20)15-23(25(31)29-13-5-3-4-6-14-29)28-24(30)21-12-9-19(26)16-22(21)27/h7-12,15-17H,3-6,13-14H2,1-2H3,(H,28,30)/b23-15-. The molecule has 1 N–H and O–H groups in total. The number of hydrogen-bond donors (Lipinski definition) is 1. The molecule has 0 spiro atoms. The smallest absolute Gasteiger partial charge is 0.270 e. The molecular weight excluding hydrogens is 447 g/mol. The number of nitrogens with zero attached hydrogens (tertiary/aromatic N) is 1. The van der Waals surface area contributed by atoms with Crippen molar-refractivity contribution in [2.75, 3.05) is 13.1 Å². The zero-order chi connectivity index (χ0) is 23.1. The molecule has 5 nitrogen and oxygen atoms in total. The lowest BCUT2D eigenvalue weighted by Gasteiger charge is -2.22. The Morgan fingerprint density at radius 2 is 1.66 bits per heavy atom. The summed E-state index contributed by atoms with van der Waals surface area (Å²) < 4.78 is 5.68. The lowest BCUT2D eigenvalue weighted by atomic mass is 10.1. The maximum absolute atomic E-state index is 13.3. The highest BCUT2D eigenvalue weighted by Crippen LogP contribution is 2.22. The molecule has 32 heavy (non-hydrogen) atoms. The van der Waals surface area contributed by atoms with Crippen LogP contribution in [-0.4, -0.2) is 35.9 Å². The van der Waals surface area contributed by atoms with E-state index in [0.29, 0.717) is 18.1 Å². The van der Waals surface area contributed by atoms with Gasteiger partial charge in [0.05, 0.1) is 16.7 Å². The first-order valence-corrected chi connectivity index (χ1v) is 11.6. The molecule has 0 aromatic heterocycles. The number of benzene rings is 2. The average molecular weight is 475 g/mol. The second-order valence-electron chi connectivity index (χ2n) is 8.08. The number of likely N-dealkylation sites (tertiary alicyclic amines) is 1. The van der Waals surface area contributed by atoms with Crippen LogP contribution in [0.3, 0.4) is 0 Å². The van der Waals surface area contributed by atoms with Gasteiger partial charge in [0.1, 0.15) is 11.4 Å². The van der Waals surface area contributed by atoms with E-state index in [1.165, 1.54) is 6.07 Å². The number of hydrogen-bond acceptors (Lipinski definition) is 3. The molecule has 0 unspecified atom stereocenters. The van der Waals surface area contributed by atoms with E-state index in [0.717, 1.165) is 37.0 Å². The van der Waals surface area contributed by atoms with Crippen molar-refractivity contribution in [2.24, 2.45) is 0 Å². The fourth-order valence-electron chi connectivity index (χ4n) is 3.54. The Morgan fingerprint density at radius 3 is 2.25 bits per heavy atom. The lowest BCUT2D eigenvalue weighted by Crippen LogP contribution is -2.39. The van der Waals surface area contributed by atoms with Crippen molar-refractivity contribution < 1.29 is 14.3 Å². The maximum Gasteiger partial charge on any atom is 0.270 e. The number of carbonyl (C=O) groups is 2. The molecule has 0 saturated carbocycles. The SMILES string of the molecule is CC(C)Oc1ccc(/C=C(\NC(=O)c2ccc(Cl)cc2Cl)C(=O)N2CCCCCC2)cc1. The van der Waals surface area contributed by atoms with Crippen molar-refractivity contribution in [3.63, 3.8) is 0 Å². The molecule has 1 aliphatic rings.